The molecule has 130 valence electrons. The Kier molecular flexibility index (Phi) is 5.85. The molecule has 6 nitrogen and oxygen atoms in total. The molecule has 0 aliphatic rings. The number of carbonyl (C=O) groups excluding carboxylic acids is 1. The van der Waals surface area contributed by atoms with Gasteiger partial charge in [-0.1, -0.05) is 11.6 Å². The summed E-state index contributed by atoms with van der Waals surface area (Å²) >= 11 is 6.23. The summed E-state index contributed by atoms with van der Waals surface area (Å²) in [5, 5.41) is 12.4. The van der Waals surface area contributed by atoms with E-state index < -0.39 is 11.7 Å². The summed E-state index contributed by atoms with van der Waals surface area (Å²) in [4.78, 5) is 23.7. The SMILES string of the molecule is Cc1c(C)c2cc(Cl)c(O[C@@H](C)C(=O)NCCCO)cc2oc1=O. The van der Waals surface area contributed by atoms with E-state index in [1.165, 1.54) is 6.07 Å². The minimum absolute atomic E-state index is 0.00379. The summed E-state index contributed by atoms with van der Waals surface area (Å²) in [5.74, 6) is -0.0541. The molecule has 1 amide bonds. The number of nitrogens with one attached hydrogen (secondary N) is 1. The van der Waals surface area contributed by atoms with Crippen LogP contribution in [0, 0.1) is 13.8 Å². The lowest BCUT2D eigenvalue weighted by Crippen LogP contribution is -2.37. The van der Waals surface area contributed by atoms with Gasteiger partial charge in [0, 0.05) is 30.2 Å². The molecule has 0 radical (unpaired) electrons. The van der Waals surface area contributed by atoms with Gasteiger partial charge in [-0.25, -0.2) is 4.79 Å². The van der Waals surface area contributed by atoms with Gasteiger partial charge in [-0.15, -0.1) is 0 Å². The molecule has 2 aromatic rings. The Hall–Kier alpha value is -2.05. The summed E-state index contributed by atoms with van der Waals surface area (Å²) in [6.45, 7) is 5.47. The molecule has 0 bridgehead atoms. The van der Waals surface area contributed by atoms with Crippen molar-refractivity contribution in [1.29, 1.82) is 0 Å². The molecule has 0 fully saturated rings. The number of hydrogen-bond donors (Lipinski definition) is 2. The van der Waals surface area contributed by atoms with Crippen molar-refractivity contribution in [2.45, 2.75) is 33.3 Å². The molecule has 7 heteroatoms. The summed E-state index contributed by atoms with van der Waals surface area (Å²) in [6, 6.07) is 3.18. The van der Waals surface area contributed by atoms with Gasteiger partial charge < -0.3 is 19.6 Å². The van der Waals surface area contributed by atoms with Crippen molar-refractivity contribution >= 4 is 28.5 Å². The van der Waals surface area contributed by atoms with Gasteiger partial charge in [-0.2, -0.15) is 0 Å². The van der Waals surface area contributed by atoms with Crippen molar-refractivity contribution in [3.63, 3.8) is 0 Å². The van der Waals surface area contributed by atoms with Crippen LogP contribution in [0.25, 0.3) is 11.0 Å². The van der Waals surface area contributed by atoms with Crippen LogP contribution in [0.2, 0.25) is 5.02 Å². The van der Waals surface area contributed by atoms with E-state index in [1.54, 1.807) is 19.9 Å². The number of rotatable bonds is 6. The molecule has 1 aromatic carbocycles. The topological polar surface area (TPSA) is 88.8 Å². The predicted octanol–water partition coefficient (Wildman–Crippen LogP) is 2.33. The van der Waals surface area contributed by atoms with Gasteiger partial charge in [0.05, 0.1) is 5.02 Å². The Labute approximate surface area is 144 Å². The van der Waals surface area contributed by atoms with Gasteiger partial charge >= 0.3 is 5.63 Å². The van der Waals surface area contributed by atoms with E-state index in [9.17, 15) is 9.59 Å². The Morgan fingerprint density at radius 2 is 2.08 bits per heavy atom. The second-order valence-corrected chi connectivity index (χ2v) is 5.95. The highest BCUT2D eigenvalue weighted by Gasteiger charge is 2.18. The van der Waals surface area contributed by atoms with Gasteiger partial charge in [-0.05, 0) is 38.8 Å². The van der Waals surface area contributed by atoms with Gasteiger partial charge in [-0.3, -0.25) is 4.79 Å². The maximum atomic E-state index is 11.9. The van der Waals surface area contributed by atoms with Crippen LogP contribution in [-0.2, 0) is 4.79 Å². The van der Waals surface area contributed by atoms with E-state index in [2.05, 4.69) is 5.32 Å². The zero-order chi connectivity index (χ0) is 17.9. The number of halogens is 1. The number of aliphatic hydroxyl groups is 1. The van der Waals surface area contributed by atoms with Crippen LogP contribution < -0.4 is 15.7 Å². The lowest BCUT2D eigenvalue weighted by atomic mass is 10.1. The van der Waals surface area contributed by atoms with Gasteiger partial charge in [0.2, 0.25) is 0 Å². The Morgan fingerprint density at radius 3 is 2.75 bits per heavy atom. The summed E-state index contributed by atoms with van der Waals surface area (Å²) in [6.07, 6.45) is -0.309. The molecule has 0 spiro atoms. The van der Waals surface area contributed by atoms with E-state index in [0.29, 0.717) is 29.1 Å². The fourth-order valence-corrected chi connectivity index (χ4v) is 2.42. The second kappa shape index (κ2) is 7.68. The quantitative estimate of drug-likeness (QED) is 0.614. The Balaban J connectivity index is 2.26. The van der Waals surface area contributed by atoms with E-state index in [-0.39, 0.29) is 18.3 Å². The zero-order valence-electron chi connectivity index (χ0n) is 13.8. The molecule has 2 N–H and O–H groups in total. The Bertz CT molecular complexity index is 815. The number of amides is 1. The fourth-order valence-electron chi connectivity index (χ4n) is 2.21. The molecular formula is C17H20ClNO5. The smallest absolute Gasteiger partial charge is 0.339 e. The van der Waals surface area contributed by atoms with Crippen LogP contribution in [0.3, 0.4) is 0 Å². The number of hydrogen-bond acceptors (Lipinski definition) is 5. The normalized spacial score (nSPS) is 12.2. The highest BCUT2D eigenvalue weighted by molar-refractivity contribution is 6.32. The van der Waals surface area contributed by atoms with Crippen molar-refractivity contribution in [3.8, 4) is 5.75 Å². The predicted molar refractivity (Wildman–Crippen MR) is 91.8 cm³/mol. The summed E-state index contributed by atoms with van der Waals surface area (Å²) in [5.41, 5.74) is 1.27. The zero-order valence-corrected chi connectivity index (χ0v) is 14.6. The minimum atomic E-state index is -0.781. The fraction of sp³-hybridized carbons (Fsp3) is 0.412. The number of benzene rings is 1. The van der Waals surface area contributed by atoms with Gasteiger partial charge in [0.25, 0.3) is 5.91 Å². The first kappa shape index (κ1) is 18.3. The number of carbonyl (C=O) groups is 1. The number of aliphatic hydroxyl groups excluding tert-OH is 1. The van der Waals surface area contributed by atoms with Gasteiger partial charge in [0.1, 0.15) is 11.3 Å². The van der Waals surface area contributed by atoms with Crippen molar-refractivity contribution in [1.82, 2.24) is 5.32 Å². The van der Waals surface area contributed by atoms with E-state index in [1.807, 2.05) is 6.92 Å². The maximum Gasteiger partial charge on any atom is 0.339 e. The van der Waals surface area contributed by atoms with Gasteiger partial charge in [0.15, 0.2) is 6.10 Å². The molecule has 1 aromatic heterocycles. The number of ether oxygens (including phenoxy) is 1. The molecule has 2 rings (SSSR count). The average Bonchev–Trinajstić information content (AvgIpc) is 2.54. The largest absolute Gasteiger partial charge is 0.479 e. The van der Waals surface area contributed by atoms with E-state index in [0.717, 1.165) is 10.9 Å². The first-order valence-electron chi connectivity index (χ1n) is 7.64. The molecule has 0 saturated carbocycles. The van der Waals surface area contributed by atoms with E-state index >= 15 is 0 Å². The molecule has 24 heavy (non-hydrogen) atoms. The average molecular weight is 354 g/mol. The minimum Gasteiger partial charge on any atom is -0.479 e. The van der Waals surface area contributed by atoms with Crippen LogP contribution in [-0.4, -0.2) is 30.3 Å². The second-order valence-electron chi connectivity index (χ2n) is 5.55. The summed E-state index contributed by atoms with van der Waals surface area (Å²) in [7, 11) is 0. The molecule has 1 atom stereocenters. The van der Waals surface area contributed by atoms with Crippen molar-refractivity contribution in [2.24, 2.45) is 0 Å². The van der Waals surface area contributed by atoms with Crippen LogP contribution in [0.15, 0.2) is 21.3 Å². The molecule has 0 aliphatic carbocycles. The molecule has 0 saturated heterocycles. The third-order valence-corrected chi connectivity index (χ3v) is 4.11. The van der Waals surface area contributed by atoms with Crippen molar-refractivity contribution in [3.05, 3.63) is 38.7 Å². The number of aryl methyl sites for hydroxylation is 1. The van der Waals surface area contributed by atoms with Crippen molar-refractivity contribution < 1.29 is 19.1 Å². The number of fused-ring (bicyclic) bond motifs is 1. The lowest BCUT2D eigenvalue weighted by Gasteiger charge is -2.16. The maximum absolute atomic E-state index is 11.9. The van der Waals surface area contributed by atoms with Crippen LogP contribution in [0.4, 0.5) is 0 Å². The van der Waals surface area contributed by atoms with Crippen molar-refractivity contribution in [2.75, 3.05) is 13.2 Å². The first-order valence-corrected chi connectivity index (χ1v) is 8.01. The third-order valence-electron chi connectivity index (χ3n) is 3.82. The first-order chi connectivity index (χ1) is 11.3. The van der Waals surface area contributed by atoms with Crippen LogP contribution >= 0.6 is 11.6 Å². The Morgan fingerprint density at radius 1 is 1.38 bits per heavy atom. The third kappa shape index (κ3) is 3.88. The molecule has 1 heterocycles. The van der Waals surface area contributed by atoms with Crippen LogP contribution in [0.1, 0.15) is 24.5 Å². The van der Waals surface area contributed by atoms with Crippen LogP contribution in [0.5, 0.6) is 5.75 Å². The lowest BCUT2D eigenvalue weighted by molar-refractivity contribution is -0.127. The standard InChI is InChI=1S/C17H20ClNO5/c1-9-10(2)17(22)24-14-8-15(13(18)7-12(9)14)23-11(3)16(21)19-5-4-6-20/h7-8,11,20H,4-6H2,1-3H3,(H,19,21)/t11-/m0/s1. The van der Waals surface area contributed by atoms with E-state index in [4.69, 9.17) is 25.9 Å². The molecule has 0 unspecified atom stereocenters. The highest BCUT2D eigenvalue weighted by atomic mass is 35.5. The highest BCUT2D eigenvalue weighted by Crippen LogP contribution is 2.32. The molecule has 0 aliphatic heterocycles. The molecular weight excluding hydrogens is 334 g/mol. The monoisotopic (exact) mass is 353 g/mol. The summed E-state index contributed by atoms with van der Waals surface area (Å²) < 4.78 is 10.9.